The molecular formula is C7H13NO2. The van der Waals surface area contributed by atoms with E-state index in [0.29, 0.717) is 6.54 Å². The maximum Gasteiger partial charge on any atom is 0.304 e. The normalized spacial score (nSPS) is 12.5. The molecule has 1 unspecified atom stereocenters. The molecule has 0 amide bonds. The molecule has 0 aromatic heterocycles. The quantitative estimate of drug-likeness (QED) is 0.555. The number of nitrogens with one attached hydrogen (secondary N) is 1. The zero-order chi connectivity index (χ0) is 7.98. The summed E-state index contributed by atoms with van der Waals surface area (Å²) < 4.78 is 0. The highest BCUT2D eigenvalue weighted by Crippen LogP contribution is 1.88. The fraction of sp³-hybridized carbons (Fsp3) is 0.571. The van der Waals surface area contributed by atoms with Gasteiger partial charge in [0.1, 0.15) is 0 Å². The van der Waals surface area contributed by atoms with Crippen molar-refractivity contribution in [3.63, 3.8) is 0 Å². The van der Waals surface area contributed by atoms with E-state index in [0.717, 1.165) is 0 Å². The Hall–Kier alpha value is -0.830. The van der Waals surface area contributed by atoms with Crippen molar-refractivity contribution in [2.45, 2.75) is 19.4 Å². The van der Waals surface area contributed by atoms with Crippen molar-refractivity contribution in [3.05, 3.63) is 12.7 Å². The number of hydrogen-bond donors (Lipinski definition) is 2. The minimum absolute atomic E-state index is 0.0236. The van der Waals surface area contributed by atoms with Crippen LogP contribution in [0.1, 0.15) is 13.3 Å². The van der Waals surface area contributed by atoms with Gasteiger partial charge in [0.2, 0.25) is 0 Å². The highest BCUT2D eigenvalue weighted by atomic mass is 16.4. The maximum atomic E-state index is 10.1. The summed E-state index contributed by atoms with van der Waals surface area (Å²) >= 11 is 0. The summed E-state index contributed by atoms with van der Waals surface area (Å²) in [6.07, 6.45) is 1.87. The van der Waals surface area contributed by atoms with Crippen molar-refractivity contribution in [2.24, 2.45) is 0 Å². The van der Waals surface area contributed by atoms with Crippen molar-refractivity contribution >= 4 is 5.97 Å². The Balaban J connectivity index is 3.33. The number of rotatable bonds is 5. The second-order valence-corrected chi connectivity index (χ2v) is 2.20. The van der Waals surface area contributed by atoms with Crippen LogP contribution >= 0.6 is 0 Å². The molecule has 0 radical (unpaired) electrons. The number of carboxylic acids is 1. The summed E-state index contributed by atoms with van der Waals surface area (Å²) in [7, 11) is 0. The average Bonchev–Trinajstić information content (AvgIpc) is 1.82. The van der Waals surface area contributed by atoms with Crippen LogP contribution in [-0.4, -0.2) is 23.7 Å². The minimum Gasteiger partial charge on any atom is -0.481 e. The van der Waals surface area contributed by atoms with E-state index in [1.807, 2.05) is 6.92 Å². The summed E-state index contributed by atoms with van der Waals surface area (Å²) in [6, 6.07) is 0.0236. The smallest absolute Gasteiger partial charge is 0.304 e. The second-order valence-electron chi connectivity index (χ2n) is 2.20. The largest absolute Gasteiger partial charge is 0.481 e. The van der Waals surface area contributed by atoms with Gasteiger partial charge in [0.25, 0.3) is 0 Å². The van der Waals surface area contributed by atoms with Gasteiger partial charge in [0, 0.05) is 12.6 Å². The van der Waals surface area contributed by atoms with Crippen molar-refractivity contribution in [3.8, 4) is 0 Å². The molecule has 2 N–H and O–H groups in total. The van der Waals surface area contributed by atoms with E-state index in [1.165, 1.54) is 0 Å². The van der Waals surface area contributed by atoms with Crippen LogP contribution in [0.2, 0.25) is 0 Å². The van der Waals surface area contributed by atoms with Crippen LogP contribution in [-0.2, 0) is 4.79 Å². The Bertz CT molecular complexity index is 123. The molecule has 0 aromatic rings. The van der Waals surface area contributed by atoms with E-state index < -0.39 is 5.97 Å². The first-order valence-electron chi connectivity index (χ1n) is 3.23. The summed E-state index contributed by atoms with van der Waals surface area (Å²) in [5, 5.41) is 11.3. The molecule has 0 aliphatic carbocycles. The molecule has 0 aliphatic heterocycles. The van der Waals surface area contributed by atoms with Crippen LogP contribution in [0.4, 0.5) is 0 Å². The van der Waals surface area contributed by atoms with E-state index in [4.69, 9.17) is 5.11 Å². The molecule has 0 bridgehead atoms. The first kappa shape index (κ1) is 9.17. The Kier molecular flexibility index (Phi) is 4.58. The predicted octanol–water partition coefficient (Wildman–Crippen LogP) is 0.625. The summed E-state index contributed by atoms with van der Waals surface area (Å²) in [4.78, 5) is 10.1. The van der Waals surface area contributed by atoms with Crippen LogP contribution in [0.15, 0.2) is 12.7 Å². The third-order valence-electron chi connectivity index (χ3n) is 1.09. The molecule has 3 heteroatoms. The Morgan fingerprint density at radius 1 is 1.90 bits per heavy atom. The highest BCUT2D eigenvalue weighted by Gasteiger charge is 2.04. The van der Waals surface area contributed by atoms with Gasteiger partial charge in [-0.1, -0.05) is 6.08 Å². The fourth-order valence-corrected chi connectivity index (χ4v) is 0.619. The molecule has 0 saturated heterocycles. The summed E-state index contributed by atoms with van der Waals surface area (Å²) in [6.45, 7) is 5.99. The fourth-order valence-electron chi connectivity index (χ4n) is 0.619. The lowest BCUT2D eigenvalue weighted by atomic mass is 10.2. The van der Waals surface area contributed by atoms with Crippen molar-refractivity contribution in [1.82, 2.24) is 5.32 Å². The van der Waals surface area contributed by atoms with Crippen LogP contribution in [0.25, 0.3) is 0 Å². The van der Waals surface area contributed by atoms with E-state index in [1.54, 1.807) is 6.08 Å². The lowest BCUT2D eigenvalue weighted by molar-refractivity contribution is -0.137. The molecule has 0 saturated carbocycles. The molecule has 0 aliphatic rings. The summed E-state index contributed by atoms with van der Waals surface area (Å²) in [5.41, 5.74) is 0. The molecule has 0 heterocycles. The second kappa shape index (κ2) is 4.99. The van der Waals surface area contributed by atoms with E-state index >= 15 is 0 Å². The zero-order valence-corrected chi connectivity index (χ0v) is 6.13. The Labute approximate surface area is 60.7 Å². The van der Waals surface area contributed by atoms with Gasteiger partial charge in [0.15, 0.2) is 0 Å². The Morgan fingerprint density at radius 2 is 2.50 bits per heavy atom. The van der Waals surface area contributed by atoms with Gasteiger partial charge >= 0.3 is 5.97 Å². The van der Waals surface area contributed by atoms with Crippen molar-refractivity contribution in [2.75, 3.05) is 6.54 Å². The number of hydrogen-bond acceptors (Lipinski definition) is 2. The third kappa shape index (κ3) is 5.31. The molecule has 0 aromatic carbocycles. The molecule has 1 atom stereocenters. The number of carboxylic acid groups (broad SMARTS) is 1. The Morgan fingerprint density at radius 3 is 2.90 bits per heavy atom. The highest BCUT2D eigenvalue weighted by molar-refractivity contribution is 5.67. The number of aliphatic carboxylic acids is 1. The SMILES string of the molecule is C=CCNC(C)CC(=O)O. The first-order chi connectivity index (χ1) is 4.66. The van der Waals surface area contributed by atoms with Crippen LogP contribution < -0.4 is 5.32 Å². The van der Waals surface area contributed by atoms with Gasteiger partial charge in [-0.3, -0.25) is 4.79 Å². The molecule has 0 rings (SSSR count). The monoisotopic (exact) mass is 143 g/mol. The maximum absolute atomic E-state index is 10.1. The van der Waals surface area contributed by atoms with Gasteiger partial charge in [-0.25, -0.2) is 0 Å². The van der Waals surface area contributed by atoms with Crippen molar-refractivity contribution < 1.29 is 9.90 Å². The summed E-state index contributed by atoms with van der Waals surface area (Å²) in [5.74, 6) is -0.774. The van der Waals surface area contributed by atoms with Gasteiger partial charge in [-0.05, 0) is 6.92 Å². The zero-order valence-electron chi connectivity index (χ0n) is 6.13. The van der Waals surface area contributed by atoms with Crippen LogP contribution in [0, 0.1) is 0 Å². The predicted molar refractivity (Wildman–Crippen MR) is 39.9 cm³/mol. The standard InChI is InChI=1S/C7H13NO2/c1-3-4-8-6(2)5-7(9)10/h3,6,8H,1,4-5H2,2H3,(H,9,10). The molecule has 10 heavy (non-hydrogen) atoms. The number of carbonyl (C=O) groups is 1. The average molecular weight is 143 g/mol. The molecule has 3 nitrogen and oxygen atoms in total. The van der Waals surface area contributed by atoms with Crippen LogP contribution in [0.3, 0.4) is 0 Å². The van der Waals surface area contributed by atoms with E-state index in [9.17, 15) is 4.79 Å². The molecule has 0 fully saturated rings. The topological polar surface area (TPSA) is 49.3 Å². The molecular weight excluding hydrogens is 130 g/mol. The third-order valence-corrected chi connectivity index (χ3v) is 1.09. The van der Waals surface area contributed by atoms with E-state index in [-0.39, 0.29) is 12.5 Å². The molecule has 0 spiro atoms. The lowest BCUT2D eigenvalue weighted by Crippen LogP contribution is -2.28. The molecule has 58 valence electrons. The van der Waals surface area contributed by atoms with Crippen molar-refractivity contribution in [1.29, 1.82) is 0 Å². The van der Waals surface area contributed by atoms with Gasteiger partial charge < -0.3 is 10.4 Å². The van der Waals surface area contributed by atoms with E-state index in [2.05, 4.69) is 11.9 Å². The van der Waals surface area contributed by atoms with Gasteiger partial charge in [0.05, 0.1) is 6.42 Å². The first-order valence-corrected chi connectivity index (χ1v) is 3.23. The minimum atomic E-state index is -0.774. The van der Waals surface area contributed by atoms with Gasteiger partial charge in [-0.15, -0.1) is 6.58 Å². The van der Waals surface area contributed by atoms with Crippen LogP contribution in [0.5, 0.6) is 0 Å². The van der Waals surface area contributed by atoms with Gasteiger partial charge in [-0.2, -0.15) is 0 Å². The lowest BCUT2D eigenvalue weighted by Gasteiger charge is -2.07.